The SMILES string of the molecule is O=C(O)[C@H](C[C@H](F)C(=O)O)NS(=O)(=O)c1ccoc1Cl. The highest BCUT2D eigenvalue weighted by Gasteiger charge is 2.32. The van der Waals surface area contributed by atoms with Crippen molar-refractivity contribution < 1.29 is 37.0 Å². The minimum absolute atomic E-state index is 0.503. The van der Waals surface area contributed by atoms with Gasteiger partial charge in [0.05, 0.1) is 6.26 Å². The molecule has 1 aromatic heterocycles. The van der Waals surface area contributed by atoms with E-state index in [-0.39, 0.29) is 0 Å². The highest BCUT2D eigenvalue weighted by atomic mass is 35.5. The zero-order chi connectivity index (χ0) is 15.5. The van der Waals surface area contributed by atoms with Crippen LogP contribution in [0.2, 0.25) is 5.22 Å². The first-order chi connectivity index (χ1) is 9.15. The number of carboxylic acids is 2. The van der Waals surface area contributed by atoms with Crippen LogP contribution in [0.15, 0.2) is 21.6 Å². The Morgan fingerprint density at radius 3 is 2.40 bits per heavy atom. The van der Waals surface area contributed by atoms with Crippen molar-refractivity contribution >= 4 is 33.6 Å². The van der Waals surface area contributed by atoms with Gasteiger partial charge in [-0.1, -0.05) is 0 Å². The average molecular weight is 330 g/mol. The topological polar surface area (TPSA) is 134 Å². The number of hydrogen-bond acceptors (Lipinski definition) is 5. The first-order valence-corrected chi connectivity index (χ1v) is 6.86. The van der Waals surface area contributed by atoms with Gasteiger partial charge in [0.25, 0.3) is 0 Å². The Kier molecular flexibility index (Phi) is 5.09. The fraction of sp³-hybridized carbons (Fsp3) is 0.333. The number of carboxylic acid groups (broad SMARTS) is 2. The summed E-state index contributed by atoms with van der Waals surface area (Å²) in [5, 5.41) is 16.6. The molecule has 0 spiro atoms. The predicted molar refractivity (Wildman–Crippen MR) is 62.6 cm³/mol. The van der Waals surface area contributed by atoms with Crippen LogP contribution in [-0.2, 0) is 19.6 Å². The molecule has 1 heterocycles. The maximum Gasteiger partial charge on any atom is 0.338 e. The molecular weight excluding hydrogens is 321 g/mol. The molecule has 1 aromatic rings. The third-order valence-electron chi connectivity index (χ3n) is 2.18. The van der Waals surface area contributed by atoms with Crippen LogP contribution in [0.5, 0.6) is 0 Å². The van der Waals surface area contributed by atoms with Gasteiger partial charge in [-0.25, -0.2) is 17.6 Å². The molecule has 0 unspecified atom stereocenters. The van der Waals surface area contributed by atoms with Crippen molar-refractivity contribution in [3.8, 4) is 0 Å². The molecule has 0 aliphatic carbocycles. The van der Waals surface area contributed by atoms with Gasteiger partial charge in [0, 0.05) is 6.42 Å². The van der Waals surface area contributed by atoms with Gasteiger partial charge in [-0.05, 0) is 17.7 Å². The summed E-state index contributed by atoms with van der Waals surface area (Å²) in [5.74, 6) is -3.62. The summed E-state index contributed by atoms with van der Waals surface area (Å²) in [7, 11) is -4.38. The highest BCUT2D eigenvalue weighted by Crippen LogP contribution is 2.22. The standard InChI is InChI=1S/C9H9ClFNO7S/c10-7-6(1-2-19-7)20(17,18)12-5(9(15)16)3-4(11)8(13)14/h1-2,4-5,12H,3H2,(H,13,14)(H,15,16)/t4-,5-/m0/s1. The number of rotatable bonds is 7. The molecule has 20 heavy (non-hydrogen) atoms. The van der Waals surface area contributed by atoms with Gasteiger partial charge >= 0.3 is 11.9 Å². The molecule has 8 nitrogen and oxygen atoms in total. The molecule has 11 heteroatoms. The zero-order valence-electron chi connectivity index (χ0n) is 9.62. The number of aliphatic carboxylic acids is 2. The summed E-state index contributed by atoms with van der Waals surface area (Å²) in [6.45, 7) is 0. The first kappa shape index (κ1) is 16.4. The lowest BCUT2D eigenvalue weighted by Gasteiger charge is -2.14. The van der Waals surface area contributed by atoms with Crippen LogP contribution in [0.4, 0.5) is 4.39 Å². The molecule has 3 N–H and O–H groups in total. The van der Waals surface area contributed by atoms with Gasteiger partial charge in [0.15, 0.2) is 6.17 Å². The summed E-state index contributed by atoms with van der Waals surface area (Å²) >= 11 is 5.44. The molecule has 0 aliphatic rings. The van der Waals surface area contributed by atoms with E-state index < -0.39 is 50.7 Å². The molecule has 0 saturated carbocycles. The van der Waals surface area contributed by atoms with Crippen LogP contribution in [0, 0.1) is 0 Å². The van der Waals surface area contributed by atoms with Crippen LogP contribution in [0.25, 0.3) is 0 Å². The summed E-state index contributed by atoms with van der Waals surface area (Å²) in [6, 6.07) is -0.995. The number of hydrogen-bond donors (Lipinski definition) is 3. The van der Waals surface area contributed by atoms with E-state index >= 15 is 0 Å². The summed E-state index contributed by atoms with van der Waals surface area (Å²) < 4.78 is 42.8. The van der Waals surface area contributed by atoms with Crippen LogP contribution in [0.1, 0.15) is 6.42 Å². The van der Waals surface area contributed by atoms with Crippen LogP contribution < -0.4 is 4.72 Å². The third kappa shape index (κ3) is 3.92. The predicted octanol–water partition coefficient (Wildman–Crippen LogP) is 0.477. The Bertz CT molecular complexity index is 614. The van der Waals surface area contributed by atoms with E-state index in [4.69, 9.17) is 21.8 Å². The Morgan fingerprint density at radius 1 is 1.40 bits per heavy atom. The molecule has 0 radical (unpaired) electrons. The highest BCUT2D eigenvalue weighted by molar-refractivity contribution is 7.89. The van der Waals surface area contributed by atoms with Gasteiger partial charge in [-0.3, -0.25) is 4.79 Å². The number of halogens is 2. The largest absolute Gasteiger partial charge is 0.480 e. The lowest BCUT2D eigenvalue weighted by atomic mass is 10.1. The smallest absolute Gasteiger partial charge is 0.338 e. The van der Waals surface area contributed by atoms with E-state index in [1.807, 2.05) is 0 Å². The van der Waals surface area contributed by atoms with E-state index in [2.05, 4.69) is 4.42 Å². The first-order valence-electron chi connectivity index (χ1n) is 5.00. The molecule has 0 fully saturated rings. The zero-order valence-corrected chi connectivity index (χ0v) is 11.2. The minimum Gasteiger partial charge on any atom is -0.480 e. The van der Waals surface area contributed by atoms with Crippen molar-refractivity contribution in [2.75, 3.05) is 0 Å². The Balaban J connectivity index is 2.94. The molecule has 0 amide bonds. The minimum atomic E-state index is -4.38. The van der Waals surface area contributed by atoms with E-state index in [9.17, 15) is 22.4 Å². The molecular formula is C9H9ClFNO7S. The van der Waals surface area contributed by atoms with Crippen LogP contribution >= 0.6 is 11.6 Å². The maximum absolute atomic E-state index is 13.0. The van der Waals surface area contributed by atoms with Crippen LogP contribution in [0.3, 0.4) is 0 Å². The van der Waals surface area contributed by atoms with Crippen molar-refractivity contribution in [3.63, 3.8) is 0 Å². The fourth-order valence-corrected chi connectivity index (χ4v) is 2.84. The van der Waals surface area contributed by atoms with Gasteiger partial charge in [-0.2, -0.15) is 4.72 Å². The average Bonchev–Trinajstić information content (AvgIpc) is 2.74. The number of carbonyl (C=O) groups is 2. The van der Waals surface area contributed by atoms with Crippen molar-refractivity contribution in [3.05, 3.63) is 17.5 Å². The number of alkyl halides is 1. The second kappa shape index (κ2) is 6.20. The maximum atomic E-state index is 13.0. The lowest BCUT2D eigenvalue weighted by Crippen LogP contribution is -2.43. The number of nitrogens with one attached hydrogen (secondary N) is 1. The fourth-order valence-electron chi connectivity index (χ4n) is 1.23. The van der Waals surface area contributed by atoms with Gasteiger partial charge < -0.3 is 14.6 Å². The summed E-state index contributed by atoms with van der Waals surface area (Å²) in [6.07, 6.45) is -2.64. The van der Waals surface area contributed by atoms with E-state index in [0.29, 0.717) is 0 Å². The van der Waals surface area contributed by atoms with Crippen LogP contribution in [-0.4, -0.2) is 42.8 Å². The third-order valence-corrected chi connectivity index (χ3v) is 4.08. The van der Waals surface area contributed by atoms with Crippen molar-refractivity contribution in [1.29, 1.82) is 0 Å². The normalized spacial score (nSPS) is 14.7. The second-order valence-corrected chi connectivity index (χ2v) is 5.64. The second-order valence-electron chi connectivity index (χ2n) is 3.61. The lowest BCUT2D eigenvalue weighted by molar-refractivity contribution is -0.144. The molecule has 0 saturated heterocycles. The van der Waals surface area contributed by atoms with Gasteiger partial charge in [-0.15, -0.1) is 0 Å². The molecule has 0 bridgehead atoms. The molecule has 2 atom stereocenters. The molecule has 0 aliphatic heterocycles. The monoisotopic (exact) mass is 329 g/mol. The summed E-state index contributed by atoms with van der Waals surface area (Å²) in [5.41, 5.74) is 0. The quantitative estimate of drug-likeness (QED) is 0.662. The number of sulfonamides is 1. The van der Waals surface area contributed by atoms with Gasteiger partial charge in [0.1, 0.15) is 10.9 Å². The van der Waals surface area contributed by atoms with Crippen molar-refractivity contribution in [2.45, 2.75) is 23.5 Å². The molecule has 112 valence electrons. The summed E-state index contributed by atoms with van der Waals surface area (Å²) in [4.78, 5) is 20.6. The van der Waals surface area contributed by atoms with E-state index in [1.165, 1.54) is 0 Å². The molecule has 1 rings (SSSR count). The van der Waals surface area contributed by atoms with Gasteiger partial charge in [0.2, 0.25) is 15.2 Å². The van der Waals surface area contributed by atoms with Crippen molar-refractivity contribution in [2.24, 2.45) is 0 Å². The number of furan rings is 1. The van der Waals surface area contributed by atoms with E-state index in [0.717, 1.165) is 12.3 Å². The Labute approximate surface area is 117 Å². The Hall–Kier alpha value is -1.65. The Morgan fingerprint density at radius 2 is 2.00 bits per heavy atom. The molecule has 0 aromatic carbocycles. The van der Waals surface area contributed by atoms with Crippen molar-refractivity contribution in [1.82, 2.24) is 4.72 Å². The van der Waals surface area contributed by atoms with E-state index in [1.54, 1.807) is 4.72 Å².